The zero-order valence-corrected chi connectivity index (χ0v) is 35.4. The van der Waals surface area contributed by atoms with E-state index in [1.54, 1.807) is 80.5 Å². The average Bonchev–Trinajstić information content (AvgIpc) is 3.37. The van der Waals surface area contributed by atoms with Crippen molar-refractivity contribution in [1.29, 1.82) is 0 Å². The molecular weight excluding hydrogens is 861 g/mol. The number of H-pyrrole nitrogens is 5. The number of nitrogens with zero attached hydrogens (tertiary/aromatic N) is 11. The summed E-state index contributed by atoms with van der Waals surface area (Å²) in [5.74, 6) is 0. The molecule has 11 aromatic rings. The van der Waals surface area contributed by atoms with Crippen molar-refractivity contribution in [3.63, 3.8) is 0 Å². The first-order chi connectivity index (χ1) is 32.7. The minimum Gasteiger partial charge on any atom is -0.313 e. The van der Waals surface area contributed by atoms with Crippen molar-refractivity contribution in [2.24, 2.45) is 7.05 Å². The van der Waals surface area contributed by atoms with Gasteiger partial charge in [0.25, 0.3) is 33.4 Å². The lowest BCUT2D eigenvalue weighted by Crippen LogP contribution is -2.19. The van der Waals surface area contributed by atoms with E-state index in [4.69, 9.17) is 0 Å². The summed E-state index contributed by atoms with van der Waals surface area (Å²) in [6, 6.07) is 17.5. The van der Waals surface area contributed by atoms with Crippen LogP contribution in [0.2, 0.25) is 0 Å². The van der Waals surface area contributed by atoms with Crippen LogP contribution < -0.4 is 33.4 Å². The molecule has 12 rings (SSSR count). The third-order valence-electron chi connectivity index (χ3n) is 9.65. The summed E-state index contributed by atoms with van der Waals surface area (Å²) < 4.78 is 1.45. The van der Waals surface area contributed by atoms with Gasteiger partial charge >= 0.3 is 0 Å². The Kier molecular flexibility index (Phi) is 15.0. The Morgan fingerprint density at radius 2 is 1.03 bits per heavy atom. The molecule has 0 fully saturated rings. The molecule has 1 aliphatic rings. The molecule has 10 aromatic heterocycles. The Morgan fingerprint density at radius 1 is 0.448 bits per heavy atom. The van der Waals surface area contributed by atoms with Crippen LogP contribution in [0.3, 0.4) is 0 Å². The number of hydrogen-bond acceptors (Lipinski definition) is 16. The number of para-hydroxylation sites is 1. The maximum atomic E-state index is 11.4. The predicted molar refractivity (Wildman–Crippen MR) is 249 cm³/mol. The summed E-state index contributed by atoms with van der Waals surface area (Å²) in [5.41, 5.74) is 4.86. The molecule has 67 heavy (non-hydrogen) atoms. The van der Waals surface area contributed by atoms with Gasteiger partial charge in [-0.15, -0.1) is 0 Å². The van der Waals surface area contributed by atoms with Gasteiger partial charge in [0, 0.05) is 43.6 Å². The van der Waals surface area contributed by atoms with E-state index in [2.05, 4.69) is 74.8 Å². The molecule has 0 spiro atoms. The number of aromatic amines is 5. The van der Waals surface area contributed by atoms with Crippen LogP contribution in [0.25, 0.3) is 54.8 Å². The Hall–Kier alpha value is -9.60. The highest BCUT2D eigenvalue weighted by atomic mass is 16.1. The second kappa shape index (κ2) is 22.2. The second-order valence-electron chi connectivity index (χ2n) is 14.0. The lowest BCUT2D eigenvalue weighted by Gasteiger charge is -2.11. The molecule has 0 saturated carbocycles. The van der Waals surface area contributed by atoms with Gasteiger partial charge in [-0.3, -0.25) is 38.7 Å². The smallest absolute Gasteiger partial charge is 0.277 e. The maximum Gasteiger partial charge on any atom is 0.277 e. The summed E-state index contributed by atoms with van der Waals surface area (Å²) in [5, 5.41) is 2.29. The Labute approximate surface area is 375 Å². The number of hydrogen-bond donors (Lipinski definition) is 5. The molecule has 0 radical (unpaired) electrons. The normalized spacial score (nSPS) is 11.2. The standard InChI is InChI=1S/C8H7N3O.C8H10N2O.C8H6N2O.3C7H5N3O/c1-11-5-10-7-4-9-3-2-6(7)8(11)12;2*11-8-6-3-1-2-4-7(6)9-5-10-8;11-7-5-3-8-2-1-6(5)9-4-10-7;11-7-6-5(9-4-10-7)2-1-3-8-6;11-7-5-2-1-3-8-6(5)9-4-10-7/h2-5H,1H3;5H,1-4H2,(H,9,10,11);1-5H,(H,9,10,11);2*1-4H,(H,9,10,11);1-4H,(H,8,9,10,11). The van der Waals surface area contributed by atoms with Crippen LogP contribution in [0, 0.1) is 0 Å². The Bertz CT molecular complexity index is 3450. The van der Waals surface area contributed by atoms with Gasteiger partial charge in [-0.1, -0.05) is 12.1 Å². The van der Waals surface area contributed by atoms with Crippen molar-refractivity contribution in [2.45, 2.75) is 25.7 Å². The SMILES string of the molecule is Cn1cnc2cnccc2c1=O.O=c1[nH]cnc2c1CCCC2.O=c1[nH]cnc2ccccc12.O=c1[nH]cnc2cccnc12.O=c1[nH]cnc2ccncc12.O=c1[nH]cnc2ncccc12. The first-order valence-corrected chi connectivity index (χ1v) is 20.3. The van der Waals surface area contributed by atoms with Crippen LogP contribution in [-0.2, 0) is 19.9 Å². The lowest BCUT2D eigenvalue weighted by atomic mass is 9.97. The van der Waals surface area contributed by atoms with Crippen LogP contribution in [-0.4, -0.2) is 79.3 Å². The minimum absolute atomic E-state index is 0.0394. The fourth-order valence-electron chi connectivity index (χ4n) is 6.33. The highest BCUT2D eigenvalue weighted by Gasteiger charge is 2.12. The number of nitrogens with one attached hydrogen (secondary N) is 5. The molecule has 0 bridgehead atoms. The maximum absolute atomic E-state index is 11.4. The first kappa shape index (κ1) is 45.4. The van der Waals surface area contributed by atoms with Crippen LogP contribution in [0.4, 0.5) is 0 Å². The molecule has 0 amide bonds. The number of benzene rings is 1. The van der Waals surface area contributed by atoms with Crippen molar-refractivity contribution in [3.8, 4) is 0 Å². The van der Waals surface area contributed by atoms with Crippen molar-refractivity contribution in [2.75, 3.05) is 0 Å². The number of fused-ring (bicyclic) bond motifs is 6. The van der Waals surface area contributed by atoms with Crippen molar-refractivity contribution < 1.29 is 0 Å². The van der Waals surface area contributed by atoms with E-state index >= 15 is 0 Å². The fraction of sp³-hybridized carbons (Fsp3) is 0.111. The van der Waals surface area contributed by atoms with Crippen molar-refractivity contribution >= 4 is 54.8 Å². The van der Waals surface area contributed by atoms with Gasteiger partial charge in [0.2, 0.25) is 0 Å². The largest absolute Gasteiger partial charge is 0.313 e. The highest BCUT2D eigenvalue weighted by Crippen LogP contribution is 2.14. The number of aryl methyl sites for hydroxylation is 2. The van der Waals surface area contributed by atoms with Crippen molar-refractivity contribution in [1.82, 2.24) is 79.3 Å². The molecule has 22 nitrogen and oxygen atoms in total. The van der Waals surface area contributed by atoms with E-state index in [0.29, 0.717) is 49.3 Å². The quantitative estimate of drug-likeness (QED) is 0.146. The molecule has 10 heterocycles. The molecule has 0 saturated heterocycles. The Balaban J connectivity index is 0.000000119. The van der Waals surface area contributed by atoms with Crippen LogP contribution in [0.5, 0.6) is 0 Å². The van der Waals surface area contributed by atoms with E-state index in [9.17, 15) is 28.8 Å². The first-order valence-electron chi connectivity index (χ1n) is 20.3. The molecule has 0 aliphatic heterocycles. The zero-order valence-electron chi connectivity index (χ0n) is 35.4. The molecule has 22 heteroatoms. The lowest BCUT2D eigenvalue weighted by molar-refractivity contribution is 0.656. The third kappa shape index (κ3) is 11.7. The van der Waals surface area contributed by atoms with Gasteiger partial charge in [0.05, 0.1) is 93.5 Å². The van der Waals surface area contributed by atoms with E-state index in [-0.39, 0.29) is 33.4 Å². The molecule has 5 N–H and O–H groups in total. The van der Waals surface area contributed by atoms with E-state index in [1.165, 1.54) is 55.1 Å². The fourth-order valence-corrected chi connectivity index (χ4v) is 6.33. The monoisotopic (exact) mass is 898 g/mol. The molecule has 0 unspecified atom stereocenters. The number of rotatable bonds is 0. The predicted octanol–water partition coefficient (Wildman–Crippen LogP) is 2.85. The minimum atomic E-state index is -0.199. The number of pyridine rings is 4. The average molecular weight is 899 g/mol. The summed E-state index contributed by atoms with van der Waals surface area (Å²) in [4.78, 5) is 119. The van der Waals surface area contributed by atoms with Crippen LogP contribution in [0.15, 0.2) is 165 Å². The van der Waals surface area contributed by atoms with E-state index in [1.807, 2.05) is 18.2 Å². The molecule has 334 valence electrons. The van der Waals surface area contributed by atoms with Crippen LogP contribution >= 0.6 is 0 Å². The van der Waals surface area contributed by atoms with Gasteiger partial charge in [0.1, 0.15) is 0 Å². The van der Waals surface area contributed by atoms with E-state index in [0.717, 1.165) is 36.0 Å². The Morgan fingerprint density at radius 3 is 1.78 bits per heavy atom. The third-order valence-corrected chi connectivity index (χ3v) is 9.65. The van der Waals surface area contributed by atoms with Gasteiger partial charge < -0.3 is 29.5 Å². The summed E-state index contributed by atoms with van der Waals surface area (Å²) in [6.45, 7) is 0. The molecule has 1 aliphatic carbocycles. The summed E-state index contributed by atoms with van der Waals surface area (Å²) in [6.07, 6.45) is 22.1. The second-order valence-corrected chi connectivity index (χ2v) is 14.0. The summed E-state index contributed by atoms with van der Waals surface area (Å²) >= 11 is 0. The van der Waals surface area contributed by atoms with Crippen molar-refractivity contribution in [3.05, 3.63) is 209 Å². The van der Waals surface area contributed by atoms with Gasteiger partial charge in [-0.05, 0) is 74.2 Å². The van der Waals surface area contributed by atoms with Gasteiger partial charge in [-0.2, -0.15) is 0 Å². The zero-order chi connectivity index (χ0) is 47.0. The molecular formula is C45H38N16O6. The van der Waals surface area contributed by atoms with Gasteiger partial charge in [0.15, 0.2) is 11.2 Å². The van der Waals surface area contributed by atoms with E-state index < -0.39 is 0 Å². The van der Waals surface area contributed by atoms with Gasteiger partial charge in [-0.25, -0.2) is 39.9 Å². The topological polar surface area (TPSA) is 315 Å². The van der Waals surface area contributed by atoms with Crippen LogP contribution in [0.1, 0.15) is 24.1 Å². The number of aromatic nitrogens is 16. The molecule has 1 aromatic carbocycles. The summed E-state index contributed by atoms with van der Waals surface area (Å²) in [7, 11) is 1.68. The highest BCUT2D eigenvalue weighted by molar-refractivity contribution is 5.77. The molecule has 0 atom stereocenters.